The average Bonchev–Trinajstić information content (AvgIpc) is 1.78. The highest BCUT2D eigenvalue weighted by Crippen LogP contribution is 2.31. The predicted molar refractivity (Wildman–Crippen MR) is 521 cm³/mol. The minimum atomic E-state index is 0.350. The third-order valence-corrected chi connectivity index (χ3v) is 20.7. The quantitative estimate of drug-likeness (QED) is 0.0671. The highest BCUT2D eigenvalue weighted by Gasteiger charge is 2.16. The molecule has 0 amide bonds. The van der Waals surface area contributed by atoms with Crippen LogP contribution in [0.3, 0.4) is 0 Å². The Bertz CT molecular complexity index is 4680. The molecule has 14 rings (SSSR count). The van der Waals surface area contributed by atoms with Crippen molar-refractivity contribution < 1.29 is 5.11 Å². The number of para-hydroxylation sites is 1. The van der Waals surface area contributed by atoms with Crippen molar-refractivity contribution in [3.63, 3.8) is 0 Å². The van der Waals surface area contributed by atoms with Gasteiger partial charge in [-0.05, 0) is 236 Å². The van der Waals surface area contributed by atoms with E-state index in [0.717, 1.165) is 73.0 Å². The fourth-order valence-corrected chi connectivity index (χ4v) is 14.7. The largest absolute Gasteiger partial charge is 0.508 e. The maximum absolute atomic E-state index is 9.03. The molecule has 11 aromatic carbocycles. The summed E-state index contributed by atoms with van der Waals surface area (Å²) in [4.78, 5) is 10.3. The minimum Gasteiger partial charge on any atom is -0.508 e. The smallest absolute Gasteiger partial charge is 0.115 e. The third kappa shape index (κ3) is 41.3. The Balaban J connectivity index is 0.000000207. The second kappa shape index (κ2) is 53.1. The number of aryl methyl sites for hydroxylation is 3. The lowest BCUT2D eigenvalue weighted by Crippen LogP contribution is -2.09. The second-order valence-electron chi connectivity index (χ2n) is 38.2. The van der Waals surface area contributed by atoms with Gasteiger partial charge >= 0.3 is 0 Å². The van der Waals surface area contributed by atoms with Crippen LogP contribution < -0.4 is 0 Å². The Morgan fingerprint density at radius 2 is 0.754 bits per heavy atom. The van der Waals surface area contributed by atoms with E-state index in [4.69, 9.17) is 5.11 Å². The van der Waals surface area contributed by atoms with Gasteiger partial charge in [0.25, 0.3) is 0 Å². The molecule has 2 heterocycles. The molecule has 0 radical (unpaired) electrons. The molecule has 118 heavy (non-hydrogen) atoms. The molecule has 1 aliphatic rings. The van der Waals surface area contributed by atoms with Crippen molar-refractivity contribution >= 4 is 32.4 Å². The number of H-pyrrole nitrogens is 2. The van der Waals surface area contributed by atoms with E-state index in [0.29, 0.717) is 16.6 Å². The van der Waals surface area contributed by atoms with E-state index in [2.05, 4.69) is 408 Å². The second-order valence-corrected chi connectivity index (χ2v) is 38.2. The van der Waals surface area contributed by atoms with Gasteiger partial charge in [-0.2, -0.15) is 0 Å². The lowest BCUT2D eigenvalue weighted by molar-refractivity contribution is 0.305. The van der Waals surface area contributed by atoms with Crippen LogP contribution in [0.2, 0.25) is 0 Å². The molecule has 0 unspecified atom stereocenters. The minimum absolute atomic E-state index is 0.350. The van der Waals surface area contributed by atoms with E-state index in [9.17, 15) is 0 Å². The normalized spacial score (nSPS) is 12.0. The summed E-state index contributed by atoms with van der Waals surface area (Å²) in [6, 6.07) is 96.0. The van der Waals surface area contributed by atoms with Crippen LogP contribution in [0.4, 0.5) is 0 Å². The Labute approximate surface area is 718 Å². The van der Waals surface area contributed by atoms with E-state index < -0.39 is 0 Å². The zero-order chi connectivity index (χ0) is 85.7. The van der Waals surface area contributed by atoms with Crippen molar-refractivity contribution in [3.05, 3.63) is 336 Å². The molecular formula is C114H153N3O. The molecule has 630 valence electrons. The lowest BCUT2D eigenvalue weighted by Gasteiger charge is -2.22. The number of fused-ring (bicyclic) bond motifs is 3. The number of aromatic nitrogens is 3. The van der Waals surface area contributed by atoms with Gasteiger partial charge in [-0.15, -0.1) is 0 Å². The molecule has 1 aliphatic carbocycles. The summed E-state index contributed by atoms with van der Waals surface area (Å²) in [5.74, 6) is 6.87. The number of phenols is 1. The molecule has 4 heteroatoms. The summed E-state index contributed by atoms with van der Waals surface area (Å²) in [6.07, 6.45) is 27.7. The van der Waals surface area contributed by atoms with Crippen molar-refractivity contribution in [3.8, 4) is 28.0 Å². The fraction of sp³-hybridized carbons (Fsp3) is 0.412. The lowest BCUT2D eigenvalue weighted by atomic mass is 9.84. The van der Waals surface area contributed by atoms with E-state index >= 15 is 0 Å². The Hall–Kier alpha value is -9.51. The number of aromatic amines is 2. The van der Waals surface area contributed by atoms with Gasteiger partial charge in [-0.3, -0.25) is 0 Å². The van der Waals surface area contributed by atoms with Gasteiger partial charge in [0.1, 0.15) is 5.75 Å². The van der Waals surface area contributed by atoms with Crippen LogP contribution in [0.25, 0.3) is 54.7 Å². The van der Waals surface area contributed by atoms with Crippen LogP contribution in [-0.2, 0) is 51.4 Å². The van der Waals surface area contributed by atoms with Gasteiger partial charge in [0.05, 0.1) is 6.33 Å². The molecule has 1 fully saturated rings. The van der Waals surface area contributed by atoms with Crippen LogP contribution in [0, 0.1) is 58.2 Å². The number of benzene rings is 11. The molecule has 0 bridgehead atoms. The summed E-state index contributed by atoms with van der Waals surface area (Å²) >= 11 is 0. The van der Waals surface area contributed by atoms with Crippen molar-refractivity contribution in [2.75, 3.05) is 0 Å². The van der Waals surface area contributed by atoms with Crippen LogP contribution >= 0.6 is 0 Å². The highest BCUT2D eigenvalue weighted by atomic mass is 16.3. The number of phenolic OH excluding ortho intramolecular Hbond substituents is 1. The van der Waals surface area contributed by atoms with E-state index in [-0.39, 0.29) is 0 Å². The summed E-state index contributed by atoms with van der Waals surface area (Å²) in [6.45, 7) is 45.2. The van der Waals surface area contributed by atoms with Crippen molar-refractivity contribution in [1.82, 2.24) is 15.0 Å². The standard InChI is InChI=1S/C17H20.C16H18.2C14H16.C13H17N.C11H16O.C11H16.C10H20.C8H14N2/c1-14(2)8-9-15-10-12-17(13-11-15)16-6-4-3-5-7-16;1-13(2)12-14-8-10-16(11-9-14)15-6-4-3-5-7-15;1-11(2)10-13-8-5-7-12-6-3-4-9-14(12)13;1-11(2)9-12-7-8-13-5-3-4-6-14(13)10-12;1-13(2,3)8-10-9-14-12-7-5-4-6-11(10)12;1-9(2)3-4-10-5-7-11(12)8-6-10;1-10(2)8-9-11-6-4-3-5-7-11;1-9(2)8-10-6-4-3-5-7-10;1-8(2,3)4-7-5-9-6-10-7/h3-7,10-14H,8-9H2,1-2H3;3-11,13H,12H2,1-2H3;3-9,11H,10H2,1-2H3;3-8,10-11H,9H2,1-2H3;4-7,9,14H,8H2,1-3H3;5-9,12H,3-4H2,1-2H3;3-7,10H,8-9H2,1-2H3;9-10H,3-8H2,1-2H3;5-6H,4H2,1-3H3,(H,9,10). The van der Waals surface area contributed by atoms with Crippen molar-refractivity contribution in [2.45, 2.75) is 248 Å². The third-order valence-electron chi connectivity index (χ3n) is 20.7. The molecule has 4 nitrogen and oxygen atoms in total. The SMILES string of the molecule is CC(C)(C)Cc1c[nH]c2ccccc12.CC(C)(C)Cc1cnc[nH]1.CC(C)CC1CCCCC1.CC(C)CCc1ccc(-c2ccccc2)cc1.CC(C)CCc1ccc(O)cc1.CC(C)CCc1ccccc1.CC(C)Cc1ccc(-c2ccccc2)cc1.CC(C)Cc1ccc2ccccc2c1.CC(C)Cc1cccc2ccccc12. The number of nitrogens with one attached hydrogen (secondary N) is 2. The Morgan fingerprint density at radius 1 is 0.339 bits per heavy atom. The van der Waals surface area contributed by atoms with E-state index in [1.54, 1.807) is 18.5 Å². The summed E-state index contributed by atoms with van der Waals surface area (Å²) < 4.78 is 0. The van der Waals surface area contributed by atoms with Gasteiger partial charge in [-0.1, -0.05) is 425 Å². The zero-order valence-corrected chi connectivity index (χ0v) is 76.7. The summed E-state index contributed by atoms with van der Waals surface area (Å²) in [5.41, 5.74) is 18.3. The summed E-state index contributed by atoms with van der Waals surface area (Å²) in [5, 5.41) is 15.8. The van der Waals surface area contributed by atoms with Crippen LogP contribution in [0.15, 0.2) is 292 Å². The van der Waals surface area contributed by atoms with Gasteiger partial charge in [0, 0.05) is 29.0 Å². The zero-order valence-electron chi connectivity index (χ0n) is 76.7. The predicted octanol–water partition coefficient (Wildman–Crippen LogP) is 33.2. The maximum atomic E-state index is 9.03. The molecule has 1 saturated carbocycles. The van der Waals surface area contributed by atoms with Crippen molar-refractivity contribution in [2.24, 2.45) is 58.2 Å². The monoisotopic (exact) mass is 1580 g/mol. The number of aromatic hydroxyl groups is 1. The van der Waals surface area contributed by atoms with Crippen LogP contribution in [0.5, 0.6) is 5.75 Å². The molecule has 0 spiro atoms. The first-order valence-corrected chi connectivity index (χ1v) is 45.0. The van der Waals surface area contributed by atoms with Crippen molar-refractivity contribution in [1.29, 1.82) is 0 Å². The number of rotatable bonds is 21. The van der Waals surface area contributed by atoms with Crippen LogP contribution in [-0.4, -0.2) is 20.1 Å². The first kappa shape index (κ1) is 97.3. The first-order chi connectivity index (χ1) is 56.4. The maximum Gasteiger partial charge on any atom is 0.115 e. The number of hydrogen-bond acceptors (Lipinski definition) is 2. The van der Waals surface area contributed by atoms with Gasteiger partial charge < -0.3 is 15.1 Å². The van der Waals surface area contributed by atoms with Gasteiger partial charge in [0.15, 0.2) is 0 Å². The van der Waals surface area contributed by atoms with Crippen LogP contribution in [0.1, 0.15) is 241 Å². The topological polar surface area (TPSA) is 64.7 Å². The highest BCUT2D eigenvalue weighted by molar-refractivity contribution is 5.86. The molecule has 0 aliphatic heterocycles. The number of nitrogens with zero attached hydrogens (tertiary/aromatic N) is 1. The first-order valence-electron chi connectivity index (χ1n) is 45.0. The average molecular weight is 1580 g/mol. The Kier molecular flexibility index (Phi) is 43.8. The van der Waals surface area contributed by atoms with Gasteiger partial charge in [-0.25, -0.2) is 4.98 Å². The molecular weight excluding hydrogens is 1430 g/mol. The molecule has 13 aromatic rings. The molecule has 2 aromatic heterocycles. The number of hydrogen-bond donors (Lipinski definition) is 3. The van der Waals surface area contributed by atoms with E-state index in [1.165, 1.54) is 183 Å². The molecule has 3 N–H and O–H groups in total. The van der Waals surface area contributed by atoms with Gasteiger partial charge in [0.2, 0.25) is 0 Å². The van der Waals surface area contributed by atoms with E-state index in [1.807, 2.05) is 18.3 Å². The Morgan fingerprint density at radius 3 is 1.24 bits per heavy atom. The molecule has 0 atom stereocenters. The summed E-state index contributed by atoms with van der Waals surface area (Å²) in [7, 11) is 0. The number of imidazole rings is 1. The fourth-order valence-electron chi connectivity index (χ4n) is 14.7. The molecule has 0 saturated heterocycles.